The lowest BCUT2D eigenvalue weighted by Crippen LogP contribution is -2.45. The Morgan fingerprint density at radius 3 is 1.69 bits per heavy atom. The van der Waals surface area contributed by atoms with Crippen molar-refractivity contribution in [1.29, 1.82) is 0 Å². The number of hydrogen-bond acceptors (Lipinski definition) is 4. The number of nitrogens with one attached hydrogen (secondary N) is 1. The Morgan fingerprint density at radius 2 is 1.11 bits per heavy atom. The van der Waals surface area contributed by atoms with Crippen LogP contribution in [0.5, 0.6) is 11.5 Å². The van der Waals surface area contributed by atoms with E-state index in [1.165, 1.54) is 11.1 Å². The van der Waals surface area contributed by atoms with Crippen LogP contribution in [0.15, 0.2) is 109 Å². The number of ether oxygens (including phenoxy) is 1. The molecule has 0 aliphatic carbocycles. The molecule has 0 atom stereocenters. The molecule has 5 nitrogen and oxygen atoms in total. The third-order valence-corrected chi connectivity index (χ3v) is 6.43. The second-order valence-electron chi connectivity index (χ2n) is 9.13. The van der Waals surface area contributed by atoms with Gasteiger partial charge in [-0.25, -0.2) is 0 Å². The molecule has 1 aliphatic heterocycles. The van der Waals surface area contributed by atoms with Crippen molar-refractivity contribution in [1.82, 2.24) is 9.80 Å². The van der Waals surface area contributed by atoms with Crippen molar-refractivity contribution >= 4 is 11.6 Å². The first kappa shape index (κ1) is 23.8. The normalized spacial score (nSPS) is 14.3. The van der Waals surface area contributed by atoms with E-state index in [-0.39, 0.29) is 5.91 Å². The van der Waals surface area contributed by atoms with Crippen LogP contribution in [0.1, 0.15) is 21.5 Å². The quantitative estimate of drug-likeness (QED) is 0.336. The minimum atomic E-state index is -0.118. The molecule has 4 aromatic rings. The van der Waals surface area contributed by atoms with Crippen LogP contribution in [0.3, 0.4) is 0 Å². The Hall–Kier alpha value is -3.93. The lowest BCUT2D eigenvalue weighted by atomic mass is 10.1. The van der Waals surface area contributed by atoms with Gasteiger partial charge in [-0.05, 0) is 59.7 Å². The van der Waals surface area contributed by atoms with Gasteiger partial charge in [0, 0.05) is 50.5 Å². The molecule has 1 saturated heterocycles. The average molecular weight is 478 g/mol. The predicted octanol–water partition coefficient (Wildman–Crippen LogP) is 6.05. The van der Waals surface area contributed by atoms with Crippen LogP contribution in [0, 0.1) is 0 Å². The molecule has 1 aliphatic rings. The summed E-state index contributed by atoms with van der Waals surface area (Å²) in [6, 6.07) is 35.6. The first-order chi connectivity index (χ1) is 17.7. The third-order valence-electron chi connectivity index (χ3n) is 6.43. The second-order valence-corrected chi connectivity index (χ2v) is 9.13. The van der Waals surface area contributed by atoms with E-state index in [1.54, 1.807) is 0 Å². The molecule has 0 spiro atoms. The molecule has 0 radical (unpaired) electrons. The number of para-hydroxylation sites is 1. The number of hydrogen-bond donors (Lipinski definition) is 1. The Bertz CT molecular complexity index is 1230. The zero-order valence-electron chi connectivity index (χ0n) is 20.3. The molecule has 0 bridgehead atoms. The van der Waals surface area contributed by atoms with Crippen molar-refractivity contribution in [2.24, 2.45) is 0 Å². The van der Waals surface area contributed by atoms with Gasteiger partial charge in [0.05, 0.1) is 0 Å². The minimum Gasteiger partial charge on any atom is -0.457 e. The fourth-order valence-electron chi connectivity index (χ4n) is 4.40. The van der Waals surface area contributed by atoms with Gasteiger partial charge < -0.3 is 10.1 Å². The number of nitrogens with zero attached hydrogens (tertiary/aromatic N) is 2. The van der Waals surface area contributed by atoms with Gasteiger partial charge in [-0.1, -0.05) is 60.7 Å². The van der Waals surface area contributed by atoms with E-state index < -0.39 is 0 Å². The molecule has 0 unspecified atom stereocenters. The number of carbonyl (C=O) groups excluding carboxylic acids is 1. The summed E-state index contributed by atoms with van der Waals surface area (Å²) in [6.07, 6.45) is 0. The number of piperazine rings is 1. The number of amides is 1. The summed E-state index contributed by atoms with van der Waals surface area (Å²) in [5.74, 6) is 1.39. The van der Waals surface area contributed by atoms with Crippen molar-refractivity contribution in [3.63, 3.8) is 0 Å². The summed E-state index contributed by atoms with van der Waals surface area (Å²) in [5, 5.41) is 2.96. The lowest BCUT2D eigenvalue weighted by Gasteiger charge is -2.34. The van der Waals surface area contributed by atoms with Crippen LogP contribution in [0.4, 0.5) is 5.69 Å². The van der Waals surface area contributed by atoms with Crippen LogP contribution in [-0.4, -0.2) is 41.9 Å². The lowest BCUT2D eigenvalue weighted by molar-refractivity contribution is 0.102. The van der Waals surface area contributed by atoms with Crippen LogP contribution in [0.25, 0.3) is 0 Å². The Kier molecular flexibility index (Phi) is 7.71. The smallest absolute Gasteiger partial charge is 0.255 e. The van der Waals surface area contributed by atoms with Crippen LogP contribution < -0.4 is 10.1 Å². The molecule has 0 aromatic heterocycles. The van der Waals surface area contributed by atoms with Gasteiger partial charge in [-0.15, -0.1) is 0 Å². The van der Waals surface area contributed by atoms with Crippen molar-refractivity contribution < 1.29 is 9.53 Å². The molecule has 36 heavy (non-hydrogen) atoms. The van der Waals surface area contributed by atoms with Gasteiger partial charge in [0.2, 0.25) is 0 Å². The monoisotopic (exact) mass is 477 g/mol. The van der Waals surface area contributed by atoms with E-state index in [9.17, 15) is 4.79 Å². The highest BCUT2D eigenvalue weighted by molar-refractivity contribution is 6.04. The summed E-state index contributed by atoms with van der Waals surface area (Å²) in [5.41, 5.74) is 3.98. The Morgan fingerprint density at radius 1 is 0.611 bits per heavy atom. The van der Waals surface area contributed by atoms with Crippen molar-refractivity contribution in [3.05, 3.63) is 126 Å². The van der Waals surface area contributed by atoms with Gasteiger partial charge in [0.1, 0.15) is 11.5 Å². The Balaban J connectivity index is 1.08. The maximum atomic E-state index is 12.7. The van der Waals surface area contributed by atoms with Gasteiger partial charge in [-0.3, -0.25) is 14.6 Å². The maximum Gasteiger partial charge on any atom is 0.255 e. The van der Waals surface area contributed by atoms with Gasteiger partial charge in [0.15, 0.2) is 0 Å². The van der Waals surface area contributed by atoms with Gasteiger partial charge in [0.25, 0.3) is 5.91 Å². The molecule has 0 saturated carbocycles. The van der Waals surface area contributed by atoms with Crippen LogP contribution >= 0.6 is 0 Å². The van der Waals surface area contributed by atoms with Crippen LogP contribution in [0.2, 0.25) is 0 Å². The fraction of sp³-hybridized carbons (Fsp3) is 0.194. The first-order valence-corrected chi connectivity index (χ1v) is 12.4. The first-order valence-electron chi connectivity index (χ1n) is 12.4. The molecule has 5 heteroatoms. The molecule has 1 fully saturated rings. The summed E-state index contributed by atoms with van der Waals surface area (Å²) in [7, 11) is 0. The molecule has 5 rings (SSSR count). The third kappa shape index (κ3) is 6.60. The Labute approximate surface area is 212 Å². The fourth-order valence-corrected chi connectivity index (χ4v) is 4.40. The number of benzene rings is 4. The summed E-state index contributed by atoms with van der Waals surface area (Å²) >= 11 is 0. The van der Waals surface area contributed by atoms with Crippen LogP contribution in [-0.2, 0) is 13.1 Å². The summed E-state index contributed by atoms with van der Waals surface area (Å²) in [6.45, 7) is 6.18. The minimum absolute atomic E-state index is 0.118. The average Bonchev–Trinajstić information content (AvgIpc) is 2.92. The molecule has 182 valence electrons. The van der Waals surface area contributed by atoms with Crippen molar-refractivity contribution in [3.8, 4) is 11.5 Å². The number of anilines is 1. The summed E-state index contributed by atoms with van der Waals surface area (Å²) < 4.78 is 5.81. The zero-order valence-corrected chi connectivity index (χ0v) is 20.3. The highest BCUT2D eigenvalue weighted by Gasteiger charge is 2.17. The standard InChI is InChI=1S/C31H31N3O2/c35-31(32-28-15-17-30(18-16-28)36-29-9-5-2-6-10-29)27-13-11-26(12-14-27)24-34-21-19-33(20-22-34)23-25-7-3-1-4-8-25/h1-18H,19-24H2,(H,32,35). The topological polar surface area (TPSA) is 44.8 Å². The summed E-state index contributed by atoms with van der Waals surface area (Å²) in [4.78, 5) is 17.7. The number of carbonyl (C=O) groups is 1. The molecular formula is C31H31N3O2. The number of rotatable bonds is 8. The van der Waals surface area contributed by atoms with Gasteiger partial charge in [-0.2, -0.15) is 0 Å². The van der Waals surface area contributed by atoms with Crippen molar-refractivity contribution in [2.45, 2.75) is 13.1 Å². The largest absolute Gasteiger partial charge is 0.457 e. The van der Waals surface area contributed by atoms with Gasteiger partial charge >= 0.3 is 0 Å². The van der Waals surface area contributed by atoms with E-state index in [2.05, 4.69) is 57.6 Å². The molecule has 1 heterocycles. The van der Waals surface area contributed by atoms with Crippen molar-refractivity contribution in [2.75, 3.05) is 31.5 Å². The van der Waals surface area contributed by atoms with E-state index in [1.807, 2.05) is 66.7 Å². The van der Waals surface area contributed by atoms with E-state index in [0.717, 1.165) is 56.5 Å². The predicted molar refractivity (Wildman–Crippen MR) is 144 cm³/mol. The zero-order chi connectivity index (χ0) is 24.6. The maximum absolute atomic E-state index is 12.7. The second kappa shape index (κ2) is 11.7. The highest BCUT2D eigenvalue weighted by atomic mass is 16.5. The SMILES string of the molecule is O=C(Nc1ccc(Oc2ccccc2)cc1)c1ccc(CN2CCN(Cc3ccccc3)CC2)cc1. The molecule has 1 amide bonds. The molecule has 4 aromatic carbocycles. The van der Waals surface area contributed by atoms with E-state index >= 15 is 0 Å². The van der Waals surface area contributed by atoms with E-state index in [4.69, 9.17) is 4.74 Å². The van der Waals surface area contributed by atoms with E-state index in [0.29, 0.717) is 5.56 Å². The molecule has 1 N–H and O–H groups in total. The highest BCUT2D eigenvalue weighted by Crippen LogP contribution is 2.23. The molecular weight excluding hydrogens is 446 g/mol.